The van der Waals surface area contributed by atoms with Crippen molar-refractivity contribution in [2.75, 3.05) is 13.1 Å². The summed E-state index contributed by atoms with van der Waals surface area (Å²) in [6.45, 7) is 4.73. The summed E-state index contributed by atoms with van der Waals surface area (Å²) < 4.78 is 12.0. The number of carbonyl (C=O) groups is 3. The van der Waals surface area contributed by atoms with Crippen LogP contribution in [0.1, 0.15) is 30.9 Å². The third-order valence-electron chi connectivity index (χ3n) is 5.17. The molecule has 10 heteroatoms. The van der Waals surface area contributed by atoms with Crippen LogP contribution >= 0.6 is 11.8 Å². The van der Waals surface area contributed by atoms with E-state index in [0.29, 0.717) is 41.1 Å². The molecule has 0 aliphatic carbocycles. The van der Waals surface area contributed by atoms with Crippen LogP contribution in [0.2, 0.25) is 0 Å². The fourth-order valence-electron chi connectivity index (χ4n) is 3.44. The Bertz CT molecular complexity index is 1100. The summed E-state index contributed by atoms with van der Waals surface area (Å²) in [7, 11) is 0. The van der Waals surface area contributed by atoms with Gasteiger partial charge in [0.2, 0.25) is 17.7 Å². The summed E-state index contributed by atoms with van der Waals surface area (Å²) >= 11 is 0.863. The highest BCUT2D eigenvalue weighted by atomic mass is 32.2. The number of benzene rings is 1. The first kappa shape index (κ1) is 21.8. The topological polar surface area (TPSA) is 111 Å². The Balaban J connectivity index is 1.45. The minimum absolute atomic E-state index is 0.0280. The van der Waals surface area contributed by atoms with Crippen molar-refractivity contribution in [3.05, 3.63) is 46.6 Å². The van der Waals surface area contributed by atoms with Gasteiger partial charge in [-0.05, 0) is 42.5 Å². The van der Waals surface area contributed by atoms with Gasteiger partial charge in [-0.3, -0.25) is 19.7 Å². The normalized spacial score (nSPS) is 18.1. The number of hydrogen-bond acceptors (Lipinski definition) is 8. The highest BCUT2D eigenvalue weighted by Gasteiger charge is 2.25. The summed E-state index contributed by atoms with van der Waals surface area (Å²) in [6, 6.07) is 7.13. The summed E-state index contributed by atoms with van der Waals surface area (Å²) in [6.07, 6.45) is 4.47. The molecule has 32 heavy (non-hydrogen) atoms. The second-order valence-corrected chi connectivity index (χ2v) is 8.47. The molecule has 0 saturated carbocycles. The molecule has 2 aliphatic heterocycles. The molecule has 1 N–H and O–H groups in total. The van der Waals surface area contributed by atoms with Gasteiger partial charge in [-0.15, -0.1) is 0 Å². The maximum atomic E-state index is 11.8. The molecule has 2 aromatic rings. The number of ether oxygens (including phenoxy) is 2. The number of amides is 3. The molecule has 9 nitrogen and oxygen atoms in total. The van der Waals surface area contributed by atoms with Gasteiger partial charge in [0.15, 0.2) is 0 Å². The third-order valence-corrected chi connectivity index (χ3v) is 5.98. The van der Waals surface area contributed by atoms with Crippen LogP contribution in [0.15, 0.2) is 35.5 Å². The van der Waals surface area contributed by atoms with Crippen LogP contribution in [0.4, 0.5) is 4.79 Å². The Kier molecular flexibility index (Phi) is 6.40. The van der Waals surface area contributed by atoms with Crippen LogP contribution in [-0.4, -0.2) is 51.1 Å². The van der Waals surface area contributed by atoms with E-state index in [9.17, 15) is 14.4 Å². The average Bonchev–Trinajstić information content (AvgIpc) is 3.08. The predicted molar refractivity (Wildman–Crippen MR) is 118 cm³/mol. The number of rotatable bonds is 5. The Morgan fingerprint density at radius 2 is 1.97 bits per heavy atom. The largest absolute Gasteiger partial charge is 0.474 e. The minimum Gasteiger partial charge on any atom is -0.474 e. The average molecular weight is 455 g/mol. The van der Waals surface area contributed by atoms with E-state index in [4.69, 9.17) is 9.47 Å². The van der Waals surface area contributed by atoms with E-state index in [1.165, 1.54) is 6.33 Å². The predicted octanol–water partition coefficient (Wildman–Crippen LogP) is 3.29. The maximum Gasteiger partial charge on any atom is 0.290 e. The molecule has 0 radical (unpaired) electrons. The molecule has 1 aromatic heterocycles. The third kappa shape index (κ3) is 5.08. The molecule has 2 saturated heterocycles. The van der Waals surface area contributed by atoms with Crippen molar-refractivity contribution >= 4 is 34.9 Å². The second-order valence-electron chi connectivity index (χ2n) is 7.46. The molecule has 0 spiro atoms. The van der Waals surface area contributed by atoms with Gasteiger partial charge in [0, 0.05) is 32.9 Å². The van der Waals surface area contributed by atoms with Crippen LogP contribution in [0, 0.1) is 6.92 Å². The van der Waals surface area contributed by atoms with E-state index in [2.05, 4.69) is 15.3 Å². The number of likely N-dealkylation sites (tertiary alicyclic amines) is 1. The Morgan fingerprint density at radius 3 is 2.66 bits per heavy atom. The van der Waals surface area contributed by atoms with Gasteiger partial charge >= 0.3 is 0 Å². The summed E-state index contributed by atoms with van der Waals surface area (Å²) in [5.41, 5.74) is 1.39. The van der Waals surface area contributed by atoms with Crippen molar-refractivity contribution in [2.24, 2.45) is 0 Å². The summed E-state index contributed by atoms with van der Waals surface area (Å²) in [5.74, 6) is 1.01. The Labute approximate surface area is 189 Å². The van der Waals surface area contributed by atoms with Gasteiger partial charge in [0.05, 0.1) is 10.5 Å². The van der Waals surface area contributed by atoms with Crippen LogP contribution in [-0.2, 0) is 9.59 Å². The second kappa shape index (κ2) is 9.39. The first-order chi connectivity index (χ1) is 15.4. The van der Waals surface area contributed by atoms with Crippen molar-refractivity contribution in [3.8, 4) is 17.5 Å². The fourth-order valence-corrected chi connectivity index (χ4v) is 4.12. The van der Waals surface area contributed by atoms with E-state index < -0.39 is 5.91 Å². The molecule has 3 amide bonds. The van der Waals surface area contributed by atoms with E-state index in [1.807, 2.05) is 17.9 Å². The van der Waals surface area contributed by atoms with Gasteiger partial charge in [0.1, 0.15) is 18.2 Å². The Hall–Kier alpha value is -3.40. The number of nitrogens with zero attached hydrogens (tertiary/aromatic N) is 3. The lowest BCUT2D eigenvalue weighted by Crippen LogP contribution is -2.40. The summed E-state index contributed by atoms with van der Waals surface area (Å²) in [5, 5.41) is 1.85. The van der Waals surface area contributed by atoms with Gasteiger partial charge < -0.3 is 14.4 Å². The first-order valence-corrected chi connectivity index (χ1v) is 11.0. The molecular weight excluding hydrogens is 432 g/mol. The highest BCUT2D eigenvalue weighted by Crippen LogP contribution is 2.31. The molecule has 1 aromatic carbocycles. The van der Waals surface area contributed by atoms with Crippen LogP contribution < -0.4 is 14.8 Å². The SMILES string of the molecule is CC(=O)N1CCC(Oc2ncnc(Oc3cccc(/C=C4/SC(=O)NC4=O)c3)c2C)CC1. The lowest BCUT2D eigenvalue weighted by molar-refractivity contribution is -0.130. The number of hydrogen-bond donors (Lipinski definition) is 1. The van der Waals surface area contributed by atoms with Gasteiger partial charge in [-0.1, -0.05) is 12.1 Å². The molecule has 2 aliphatic rings. The molecule has 3 heterocycles. The van der Waals surface area contributed by atoms with E-state index in [1.54, 1.807) is 31.2 Å². The van der Waals surface area contributed by atoms with Crippen LogP contribution in [0.5, 0.6) is 17.5 Å². The van der Waals surface area contributed by atoms with E-state index >= 15 is 0 Å². The number of nitrogens with one attached hydrogen (secondary N) is 1. The molecule has 4 rings (SSSR count). The zero-order valence-electron chi connectivity index (χ0n) is 17.7. The van der Waals surface area contributed by atoms with Crippen molar-refractivity contribution < 1.29 is 23.9 Å². The van der Waals surface area contributed by atoms with Gasteiger partial charge in [-0.2, -0.15) is 0 Å². The monoisotopic (exact) mass is 454 g/mol. The molecule has 2 fully saturated rings. The van der Waals surface area contributed by atoms with Crippen molar-refractivity contribution in [1.82, 2.24) is 20.2 Å². The van der Waals surface area contributed by atoms with E-state index in [-0.39, 0.29) is 17.3 Å². The number of carbonyl (C=O) groups excluding carboxylic acids is 3. The zero-order valence-corrected chi connectivity index (χ0v) is 18.5. The van der Waals surface area contributed by atoms with Gasteiger partial charge in [-0.25, -0.2) is 9.97 Å². The fraction of sp³-hybridized carbons (Fsp3) is 0.318. The number of piperidine rings is 1. The maximum absolute atomic E-state index is 11.8. The smallest absolute Gasteiger partial charge is 0.290 e. The standard InChI is InChI=1S/C22H22N4O5S/c1-13-20(30-16-6-8-26(9-7-16)14(2)27)23-12-24-21(13)31-17-5-3-4-15(10-17)11-18-19(28)25-22(29)32-18/h3-5,10-12,16H,6-9H2,1-2H3,(H,25,28,29)/b18-11+. The molecular formula is C22H22N4O5S. The Morgan fingerprint density at radius 1 is 1.22 bits per heavy atom. The number of aromatic nitrogens is 2. The number of imide groups is 1. The lowest BCUT2D eigenvalue weighted by Gasteiger charge is -2.31. The van der Waals surface area contributed by atoms with E-state index in [0.717, 1.165) is 30.2 Å². The van der Waals surface area contributed by atoms with Crippen molar-refractivity contribution in [2.45, 2.75) is 32.8 Å². The zero-order chi connectivity index (χ0) is 22.7. The first-order valence-electron chi connectivity index (χ1n) is 10.2. The van der Waals surface area contributed by atoms with Gasteiger partial charge in [0.25, 0.3) is 11.1 Å². The molecule has 0 atom stereocenters. The van der Waals surface area contributed by atoms with Crippen LogP contribution in [0.25, 0.3) is 6.08 Å². The number of thioether (sulfide) groups is 1. The van der Waals surface area contributed by atoms with Crippen molar-refractivity contribution in [1.29, 1.82) is 0 Å². The minimum atomic E-state index is -0.408. The van der Waals surface area contributed by atoms with Crippen molar-refractivity contribution in [3.63, 3.8) is 0 Å². The lowest BCUT2D eigenvalue weighted by atomic mass is 10.1. The van der Waals surface area contributed by atoms with Crippen LogP contribution in [0.3, 0.4) is 0 Å². The summed E-state index contributed by atoms with van der Waals surface area (Å²) in [4.78, 5) is 45.2. The highest BCUT2D eigenvalue weighted by molar-refractivity contribution is 8.18. The molecule has 0 unspecified atom stereocenters. The molecule has 166 valence electrons. The molecule has 0 bridgehead atoms. The quantitative estimate of drug-likeness (QED) is 0.685.